The number of hydrogen-bond donors (Lipinski definition) is 1. The van der Waals surface area contributed by atoms with Crippen molar-refractivity contribution in [2.75, 3.05) is 39.3 Å². The van der Waals surface area contributed by atoms with Crippen molar-refractivity contribution in [3.8, 4) is 0 Å². The van der Waals surface area contributed by atoms with Crippen molar-refractivity contribution < 1.29 is 13.2 Å². The first-order valence-electron chi connectivity index (χ1n) is 5.18. The lowest BCUT2D eigenvalue weighted by molar-refractivity contribution is -0.182. The predicted octanol–water partition coefficient (Wildman–Crippen LogP) is 0.514. The molecule has 3 nitrogen and oxygen atoms in total. The molecule has 1 rings (SSSR count). The lowest BCUT2D eigenvalue weighted by Crippen LogP contribution is -2.54. The van der Waals surface area contributed by atoms with Crippen LogP contribution in [0.2, 0.25) is 0 Å². The Morgan fingerprint density at radius 2 is 1.73 bits per heavy atom. The molecule has 2 N–H and O–H groups in total. The van der Waals surface area contributed by atoms with E-state index < -0.39 is 12.2 Å². The van der Waals surface area contributed by atoms with E-state index in [2.05, 4.69) is 4.90 Å². The molecule has 0 bridgehead atoms. The van der Waals surface area contributed by atoms with Crippen LogP contribution >= 0.6 is 0 Å². The summed E-state index contributed by atoms with van der Waals surface area (Å²) >= 11 is 0. The molecule has 1 saturated heterocycles. The Bertz CT molecular complexity index is 188. The molecule has 1 aliphatic rings. The van der Waals surface area contributed by atoms with Crippen molar-refractivity contribution in [3.05, 3.63) is 0 Å². The Balaban J connectivity index is 2.37. The molecule has 1 atom stereocenters. The van der Waals surface area contributed by atoms with Gasteiger partial charge in [0.05, 0.1) is 0 Å². The van der Waals surface area contributed by atoms with Crippen LogP contribution in [-0.4, -0.2) is 61.3 Å². The molecule has 0 aromatic heterocycles. The fraction of sp³-hybridized carbons (Fsp3) is 1.00. The zero-order chi connectivity index (χ0) is 11.5. The SMILES string of the molecule is CC(N1CCN(CCN)CC1)C(F)(F)F. The van der Waals surface area contributed by atoms with Crippen molar-refractivity contribution in [1.82, 2.24) is 9.80 Å². The van der Waals surface area contributed by atoms with Crippen LogP contribution < -0.4 is 5.73 Å². The summed E-state index contributed by atoms with van der Waals surface area (Å²) in [5.74, 6) is 0. The number of nitrogens with zero attached hydrogens (tertiary/aromatic N) is 2. The lowest BCUT2D eigenvalue weighted by atomic mass is 10.2. The molecule has 0 radical (unpaired) electrons. The molecule has 1 heterocycles. The maximum Gasteiger partial charge on any atom is 0.403 e. The highest BCUT2D eigenvalue weighted by Crippen LogP contribution is 2.25. The molecule has 90 valence electrons. The number of piperazine rings is 1. The molecule has 0 saturated carbocycles. The van der Waals surface area contributed by atoms with E-state index in [9.17, 15) is 13.2 Å². The van der Waals surface area contributed by atoms with E-state index in [1.807, 2.05) is 0 Å². The summed E-state index contributed by atoms with van der Waals surface area (Å²) in [6.45, 7) is 4.86. The first-order valence-corrected chi connectivity index (χ1v) is 5.18. The van der Waals surface area contributed by atoms with Crippen LogP contribution in [-0.2, 0) is 0 Å². The second-order valence-electron chi connectivity index (χ2n) is 3.88. The molecule has 6 heteroatoms. The van der Waals surface area contributed by atoms with Gasteiger partial charge in [-0.1, -0.05) is 0 Å². The standard InChI is InChI=1S/C9H18F3N3/c1-8(9(10,11)12)15-6-4-14(3-2-13)5-7-15/h8H,2-7,13H2,1H3. The van der Waals surface area contributed by atoms with Gasteiger partial charge in [0.2, 0.25) is 0 Å². The number of nitrogens with two attached hydrogens (primary N) is 1. The van der Waals surface area contributed by atoms with Gasteiger partial charge < -0.3 is 5.73 Å². The van der Waals surface area contributed by atoms with Crippen molar-refractivity contribution in [2.45, 2.75) is 19.1 Å². The van der Waals surface area contributed by atoms with Gasteiger partial charge in [0.15, 0.2) is 0 Å². The van der Waals surface area contributed by atoms with Crippen LogP contribution in [0.15, 0.2) is 0 Å². The van der Waals surface area contributed by atoms with E-state index in [-0.39, 0.29) is 0 Å². The maximum atomic E-state index is 12.4. The van der Waals surface area contributed by atoms with Gasteiger partial charge in [-0.05, 0) is 6.92 Å². The Morgan fingerprint density at radius 3 is 2.13 bits per heavy atom. The van der Waals surface area contributed by atoms with E-state index in [4.69, 9.17) is 5.73 Å². The van der Waals surface area contributed by atoms with Crippen LogP contribution in [0, 0.1) is 0 Å². The molecule has 0 aliphatic carbocycles. The maximum absolute atomic E-state index is 12.4. The third kappa shape index (κ3) is 3.62. The smallest absolute Gasteiger partial charge is 0.329 e. The third-order valence-corrected chi connectivity index (χ3v) is 2.87. The van der Waals surface area contributed by atoms with Gasteiger partial charge in [-0.15, -0.1) is 0 Å². The van der Waals surface area contributed by atoms with Gasteiger partial charge in [0.25, 0.3) is 0 Å². The van der Waals surface area contributed by atoms with Gasteiger partial charge >= 0.3 is 6.18 Å². The first-order chi connectivity index (χ1) is 6.95. The molecule has 0 aromatic rings. The van der Waals surface area contributed by atoms with Gasteiger partial charge in [-0.25, -0.2) is 0 Å². The fourth-order valence-corrected chi connectivity index (χ4v) is 1.76. The second kappa shape index (κ2) is 5.14. The highest BCUT2D eigenvalue weighted by molar-refractivity contribution is 4.80. The van der Waals surface area contributed by atoms with Gasteiger partial charge in [-0.2, -0.15) is 13.2 Å². The van der Waals surface area contributed by atoms with Crippen LogP contribution in [0.25, 0.3) is 0 Å². The number of alkyl halides is 3. The quantitative estimate of drug-likeness (QED) is 0.759. The monoisotopic (exact) mass is 225 g/mol. The molecule has 0 aromatic carbocycles. The number of hydrogen-bond acceptors (Lipinski definition) is 3. The minimum atomic E-state index is -4.12. The summed E-state index contributed by atoms with van der Waals surface area (Å²) in [4.78, 5) is 3.58. The molecule has 1 unspecified atom stereocenters. The molecule has 15 heavy (non-hydrogen) atoms. The Hall–Kier alpha value is -0.330. The largest absolute Gasteiger partial charge is 0.403 e. The van der Waals surface area contributed by atoms with Gasteiger partial charge in [-0.3, -0.25) is 9.80 Å². The van der Waals surface area contributed by atoms with E-state index in [1.54, 1.807) is 0 Å². The highest BCUT2D eigenvalue weighted by atomic mass is 19.4. The second-order valence-corrected chi connectivity index (χ2v) is 3.88. The molecular weight excluding hydrogens is 207 g/mol. The van der Waals surface area contributed by atoms with E-state index in [0.717, 1.165) is 6.54 Å². The summed E-state index contributed by atoms with van der Waals surface area (Å²) in [7, 11) is 0. The molecule has 0 amide bonds. The predicted molar refractivity (Wildman–Crippen MR) is 52.6 cm³/mol. The lowest BCUT2D eigenvalue weighted by Gasteiger charge is -2.38. The van der Waals surface area contributed by atoms with Gasteiger partial charge in [0, 0.05) is 39.3 Å². The highest BCUT2D eigenvalue weighted by Gasteiger charge is 2.40. The Labute approximate surface area is 88.0 Å². The molecule has 1 aliphatic heterocycles. The normalized spacial score (nSPS) is 23.0. The third-order valence-electron chi connectivity index (χ3n) is 2.87. The minimum Gasteiger partial charge on any atom is -0.329 e. The van der Waals surface area contributed by atoms with Crippen LogP contribution in [0.5, 0.6) is 0 Å². The topological polar surface area (TPSA) is 32.5 Å². The average molecular weight is 225 g/mol. The van der Waals surface area contributed by atoms with Crippen molar-refractivity contribution in [3.63, 3.8) is 0 Å². The van der Waals surface area contributed by atoms with E-state index in [0.29, 0.717) is 32.7 Å². The zero-order valence-corrected chi connectivity index (χ0v) is 8.93. The zero-order valence-electron chi connectivity index (χ0n) is 8.93. The molecule has 0 spiro atoms. The fourth-order valence-electron chi connectivity index (χ4n) is 1.76. The average Bonchev–Trinajstić information content (AvgIpc) is 2.17. The summed E-state index contributed by atoms with van der Waals surface area (Å²) < 4.78 is 37.2. The van der Waals surface area contributed by atoms with E-state index >= 15 is 0 Å². The van der Waals surface area contributed by atoms with Crippen LogP contribution in [0.3, 0.4) is 0 Å². The van der Waals surface area contributed by atoms with Crippen molar-refractivity contribution in [2.24, 2.45) is 5.73 Å². The summed E-state index contributed by atoms with van der Waals surface area (Å²) in [5.41, 5.74) is 5.39. The molecule has 1 fully saturated rings. The van der Waals surface area contributed by atoms with Crippen LogP contribution in [0.4, 0.5) is 13.2 Å². The summed E-state index contributed by atoms with van der Waals surface area (Å²) in [6.07, 6.45) is -4.12. The molecular formula is C9H18F3N3. The Morgan fingerprint density at radius 1 is 1.20 bits per heavy atom. The van der Waals surface area contributed by atoms with E-state index in [1.165, 1.54) is 11.8 Å². The number of rotatable bonds is 3. The summed E-state index contributed by atoms with van der Waals surface area (Å²) in [5, 5.41) is 0. The van der Waals surface area contributed by atoms with Gasteiger partial charge in [0.1, 0.15) is 6.04 Å². The van der Waals surface area contributed by atoms with Crippen LogP contribution in [0.1, 0.15) is 6.92 Å². The van der Waals surface area contributed by atoms with Crippen molar-refractivity contribution in [1.29, 1.82) is 0 Å². The number of halogens is 3. The minimum absolute atomic E-state index is 0.473. The Kier molecular flexibility index (Phi) is 4.36. The summed E-state index contributed by atoms with van der Waals surface area (Å²) in [6, 6.07) is -1.34. The first kappa shape index (κ1) is 12.7. The van der Waals surface area contributed by atoms with Crippen molar-refractivity contribution >= 4 is 0 Å².